The summed E-state index contributed by atoms with van der Waals surface area (Å²) in [4.78, 5) is 0. The molecule has 68 valence electrons. The quantitative estimate of drug-likeness (QED) is 0.538. The maximum atomic E-state index is 2.40. The maximum absolute atomic E-state index is 2.40. The third-order valence-electron chi connectivity index (χ3n) is 2.24. The first-order valence-electron chi connectivity index (χ1n) is 4.91. The van der Waals surface area contributed by atoms with Crippen molar-refractivity contribution in [3.63, 3.8) is 0 Å². The highest BCUT2D eigenvalue weighted by Crippen LogP contribution is 2.21. The van der Waals surface area contributed by atoms with Gasteiger partial charge in [-0.25, -0.2) is 0 Å². The van der Waals surface area contributed by atoms with Crippen molar-refractivity contribution in [2.24, 2.45) is 11.8 Å². The second-order valence-corrected chi connectivity index (χ2v) is 5.28. The highest BCUT2D eigenvalue weighted by molar-refractivity contribution is 7.37. The van der Waals surface area contributed by atoms with Crippen LogP contribution in [0, 0.1) is 11.8 Å². The normalized spacial score (nSPS) is 17.5. The van der Waals surface area contributed by atoms with E-state index < -0.39 is 0 Å². The average Bonchev–Trinajstić information content (AvgIpc) is 2.00. The molecule has 1 heteroatoms. The Morgan fingerprint density at radius 1 is 1.09 bits per heavy atom. The first kappa shape index (κ1) is 11.4. The predicted molar refractivity (Wildman–Crippen MR) is 57.0 cm³/mol. The second-order valence-electron chi connectivity index (χ2n) is 3.66. The van der Waals surface area contributed by atoms with Crippen molar-refractivity contribution in [1.29, 1.82) is 0 Å². The zero-order valence-electron chi connectivity index (χ0n) is 8.48. The van der Waals surface area contributed by atoms with Gasteiger partial charge in [0.1, 0.15) is 0 Å². The fourth-order valence-corrected chi connectivity index (χ4v) is 2.28. The Kier molecular flexibility index (Phi) is 7.38. The molecular formula is C10H23P. The molecule has 0 amide bonds. The van der Waals surface area contributed by atoms with Crippen LogP contribution in [0.5, 0.6) is 0 Å². The van der Waals surface area contributed by atoms with Gasteiger partial charge in [0.25, 0.3) is 0 Å². The van der Waals surface area contributed by atoms with Gasteiger partial charge in [0.2, 0.25) is 0 Å². The lowest BCUT2D eigenvalue weighted by atomic mass is 9.97. The molecule has 0 aliphatic rings. The van der Waals surface area contributed by atoms with Crippen LogP contribution in [0.4, 0.5) is 0 Å². The van der Waals surface area contributed by atoms with E-state index in [0.717, 1.165) is 11.8 Å². The van der Waals surface area contributed by atoms with Gasteiger partial charge in [0.15, 0.2) is 0 Å². The van der Waals surface area contributed by atoms with E-state index in [0.29, 0.717) is 0 Å². The molecule has 0 saturated heterocycles. The van der Waals surface area contributed by atoms with Crippen molar-refractivity contribution in [3.8, 4) is 0 Å². The molecule has 0 saturated carbocycles. The highest BCUT2D eigenvalue weighted by atomic mass is 31.1. The van der Waals surface area contributed by atoms with Crippen molar-refractivity contribution in [2.45, 2.75) is 40.5 Å². The molecule has 3 unspecified atom stereocenters. The fraction of sp³-hybridized carbons (Fsp3) is 1.00. The van der Waals surface area contributed by atoms with Gasteiger partial charge in [0.05, 0.1) is 0 Å². The van der Waals surface area contributed by atoms with E-state index in [9.17, 15) is 0 Å². The summed E-state index contributed by atoms with van der Waals surface area (Å²) in [5.41, 5.74) is 0. The summed E-state index contributed by atoms with van der Waals surface area (Å²) in [7, 11) is 1.20. The van der Waals surface area contributed by atoms with Crippen LogP contribution in [0.15, 0.2) is 0 Å². The van der Waals surface area contributed by atoms with Crippen LogP contribution in [0.25, 0.3) is 0 Å². The summed E-state index contributed by atoms with van der Waals surface area (Å²) in [6, 6.07) is 0. The second kappa shape index (κ2) is 7.10. The Hall–Kier alpha value is 0.430. The monoisotopic (exact) mass is 174 g/mol. The fourth-order valence-electron chi connectivity index (χ4n) is 1.33. The average molecular weight is 174 g/mol. The Morgan fingerprint density at radius 3 is 2.18 bits per heavy atom. The molecule has 0 spiro atoms. The third kappa shape index (κ3) is 6.81. The van der Waals surface area contributed by atoms with Crippen molar-refractivity contribution in [3.05, 3.63) is 0 Å². The van der Waals surface area contributed by atoms with E-state index in [1.807, 2.05) is 0 Å². The molecule has 0 nitrogen and oxygen atoms in total. The van der Waals surface area contributed by atoms with E-state index in [1.54, 1.807) is 0 Å². The van der Waals surface area contributed by atoms with Crippen LogP contribution in [0.3, 0.4) is 0 Å². The summed E-state index contributed by atoms with van der Waals surface area (Å²) in [6.07, 6.45) is 5.62. The van der Waals surface area contributed by atoms with Crippen LogP contribution < -0.4 is 0 Å². The summed E-state index contributed by atoms with van der Waals surface area (Å²) < 4.78 is 0. The molecule has 3 atom stereocenters. The van der Waals surface area contributed by atoms with E-state index in [2.05, 4.69) is 27.7 Å². The lowest BCUT2D eigenvalue weighted by molar-refractivity contribution is 0.432. The molecule has 11 heavy (non-hydrogen) atoms. The molecule has 0 aromatic rings. The van der Waals surface area contributed by atoms with Gasteiger partial charge in [-0.1, -0.05) is 34.1 Å². The minimum atomic E-state index is 0.937. The number of hydrogen-bond donors (Lipinski definition) is 0. The van der Waals surface area contributed by atoms with E-state index >= 15 is 0 Å². The Labute approximate surface area is 73.9 Å². The lowest BCUT2D eigenvalue weighted by Gasteiger charge is -2.14. The summed E-state index contributed by atoms with van der Waals surface area (Å²) >= 11 is 0. The number of hydrogen-bond acceptors (Lipinski definition) is 0. The minimum absolute atomic E-state index is 0.937. The Bertz CT molecular complexity index is 80.9. The van der Waals surface area contributed by atoms with Gasteiger partial charge in [-0.05, 0) is 30.6 Å². The lowest BCUT2D eigenvalue weighted by Crippen LogP contribution is -2.04. The summed E-state index contributed by atoms with van der Waals surface area (Å²) in [6.45, 7) is 9.34. The van der Waals surface area contributed by atoms with Crippen LogP contribution >= 0.6 is 8.58 Å². The van der Waals surface area contributed by atoms with Crippen LogP contribution in [-0.4, -0.2) is 12.3 Å². The Balaban J connectivity index is 3.27. The van der Waals surface area contributed by atoms with Crippen molar-refractivity contribution in [1.82, 2.24) is 0 Å². The maximum Gasteiger partial charge on any atom is -0.0328 e. The van der Waals surface area contributed by atoms with Crippen LogP contribution in [0.1, 0.15) is 40.5 Å². The molecule has 0 aromatic heterocycles. The highest BCUT2D eigenvalue weighted by Gasteiger charge is 2.05. The molecule has 0 rings (SSSR count). The molecule has 0 bridgehead atoms. The minimum Gasteiger partial charge on any atom is -0.122 e. The van der Waals surface area contributed by atoms with Crippen LogP contribution in [-0.2, 0) is 0 Å². The molecule has 0 aliphatic carbocycles. The van der Waals surface area contributed by atoms with Gasteiger partial charge in [-0.2, -0.15) is 0 Å². The van der Waals surface area contributed by atoms with Crippen molar-refractivity contribution in [2.75, 3.05) is 12.3 Å². The third-order valence-corrected chi connectivity index (χ3v) is 3.73. The smallest absolute Gasteiger partial charge is 0.0328 e. The zero-order chi connectivity index (χ0) is 8.69. The summed E-state index contributed by atoms with van der Waals surface area (Å²) in [5.74, 6) is 1.90. The summed E-state index contributed by atoms with van der Waals surface area (Å²) in [5, 5.41) is 0. The van der Waals surface area contributed by atoms with Gasteiger partial charge in [0, 0.05) is 0 Å². The van der Waals surface area contributed by atoms with E-state index in [1.165, 1.54) is 33.7 Å². The first-order chi connectivity index (χ1) is 5.20. The van der Waals surface area contributed by atoms with Gasteiger partial charge < -0.3 is 0 Å². The molecular weight excluding hydrogens is 151 g/mol. The molecule has 0 heterocycles. The Morgan fingerprint density at radius 2 is 1.73 bits per heavy atom. The largest absolute Gasteiger partial charge is 0.122 e. The first-order valence-corrected chi connectivity index (χ1v) is 6.32. The molecule has 0 N–H and O–H groups in total. The molecule has 0 fully saturated rings. The predicted octanol–water partition coefficient (Wildman–Crippen LogP) is 3.76. The molecule has 0 aliphatic heterocycles. The van der Waals surface area contributed by atoms with Crippen LogP contribution in [0.2, 0.25) is 0 Å². The van der Waals surface area contributed by atoms with Crippen molar-refractivity contribution >= 4 is 8.58 Å². The van der Waals surface area contributed by atoms with E-state index in [4.69, 9.17) is 0 Å². The SMILES string of the molecule is CCPCC(C)CC(C)CC. The number of rotatable bonds is 6. The standard InChI is InChI=1S/C10H23P/c1-5-9(3)7-10(4)8-11-6-2/h9-11H,5-8H2,1-4H3. The topological polar surface area (TPSA) is 0 Å². The zero-order valence-corrected chi connectivity index (χ0v) is 9.48. The van der Waals surface area contributed by atoms with Crippen molar-refractivity contribution < 1.29 is 0 Å². The molecule has 0 aromatic carbocycles. The van der Waals surface area contributed by atoms with E-state index in [-0.39, 0.29) is 0 Å². The van der Waals surface area contributed by atoms with Gasteiger partial charge >= 0.3 is 0 Å². The molecule has 0 radical (unpaired) electrons. The van der Waals surface area contributed by atoms with Gasteiger partial charge in [-0.3, -0.25) is 0 Å². The van der Waals surface area contributed by atoms with Gasteiger partial charge in [-0.15, -0.1) is 8.58 Å².